The number of nitrogens with two attached hydrogens (primary N) is 1. The van der Waals surface area contributed by atoms with Crippen LogP contribution in [0, 0.1) is 29.6 Å². The van der Waals surface area contributed by atoms with E-state index in [-0.39, 0.29) is 5.54 Å². The number of hydrogen-bond donors (Lipinski definition) is 2. The van der Waals surface area contributed by atoms with Gasteiger partial charge in [-0.1, -0.05) is 0 Å². The molecule has 4 unspecified atom stereocenters. The van der Waals surface area contributed by atoms with Crippen LogP contribution in [-0.4, -0.2) is 18.0 Å². The Balaban J connectivity index is 1.59. The van der Waals surface area contributed by atoms with E-state index in [1.807, 2.05) is 0 Å². The van der Waals surface area contributed by atoms with Gasteiger partial charge in [-0.05, 0) is 69.7 Å². The Morgan fingerprint density at radius 1 is 1.29 bits per heavy atom. The lowest BCUT2D eigenvalue weighted by atomic mass is 9.98. The van der Waals surface area contributed by atoms with Crippen LogP contribution < -0.4 is 11.1 Å². The Bertz CT molecular complexity index is 323. The van der Waals surface area contributed by atoms with E-state index in [4.69, 9.17) is 5.73 Å². The third-order valence-electron chi connectivity index (χ3n) is 5.27. The SMILES string of the molecule is CC(C)(CCN)NC(=O)C1C2C3CCC(C3)C12. The standard InChI is InChI=1S/C14H24N2O/c1-14(2,5-6-15)16-13(17)12-10-8-3-4-9(7-8)11(10)12/h8-12H,3-7,15H2,1-2H3,(H,16,17). The first kappa shape index (κ1) is 11.5. The van der Waals surface area contributed by atoms with Crippen LogP contribution in [0.15, 0.2) is 0 Å². The van der Waals surface area contributed by atoms with Crippen LogP contribution in [0.2, 0.25) is 0 Å². The highest BCUT2D eigenvalue weighted by Crippen LogP contribution is 2.69. The molecule has 96 valence electrons. The van der Waals surface area contributed by atoms with Crippen molar-refractivity contribution in [2.24, 2.45) is 35.3 Å². The van der Waals surface area contributed by atoms with Gasteiger partial charge in [0.05, 0.1) is 0 Å². The third kappa shape index (κ3) is 1.79. The zero-order valence-corrected chi connectivity index (χ0v) is 10.9. The lowest BCUT2D eigenvalue weighted by Gasteiger charge is -2.26. The summed E-state index contributed by atoms with van der Waals surface area (Å²) in [6.45, 7) is 4.78. The molecule has 0 heterocycles. The summed E-state index contributed by atoms with van der Waals surface area (Å²) in [5.74, 6) is 3.87. The maximum absolute atomic E-state index is 12.3. The van der Waals surface area contributed by atoms with Crippen LogP contribution in [0.25, 0.3) is 0 Å². The Morgan fingerprint density at radius 3 is 2.41 bits per heavy atom. The number of hydrogen-bond acceptors (Lipinski definition) is 2. The van der Waals surface area contributed by atoms with Crippen molar-refractivity contribution in [3.05, 3.63) is 0 Å². The minimum atomic E-state index is -0.137. The lowest BCUT2D eigenvalue weighted by molar-refractivity contribution is -0.125. The van der Waals surface area contributed by atoms with Crippen molar-refractivity contribution in [3.63, 3.8) is 0 Å². The van der Waals surface area contributed by atoms with Crippen LogP contribution in [-0.2, 0) is 4.79 Å². The van der Waals surface area contributed by atoms with Gasteiger partial charge < -0.3 is 11.1 Å². The zero-order chi connectivity index (χ0) is 12.2. The molecule has 3 aliphatic rings. The first-order valence-electron chi connectivity index (χ1n) is 7.05. The van der Waals surface area contributed by atoms with Gasteiger partial charge in [0, 0.05) is 11.5 Å². The fraction of sp³-hybridized carbons (Fsp3) is 0.929. The predicted octanol–water partition coefficient (Wildman–Crippen LogP) is 1.52. The molecule has 0 radical (unpaired) electrons. The first-order valence-corrected chi connectivity index (χ1v) is 7.05. The highest BCUT2D eigenvalue weighted by Gasteiger charge is 2.67. The van der Waals surface area contributed by atoms with E-state index < -0.39 is 0 Å². The van der Waals surface area contributed by atoms with Gasteiger partial charge in [-0.2, -0.15) is 0 Å². The van der Waals surface area contributed by atoms with Crippen molar-refractivity contribution < 1.29 is 4.79 Å². The second kappa shape index (κ2) is 3.71. The number of nitrogens with one attached hydrogen (secondary N) is 1. The first-order chi connectivity index (χ1) is 8.03. The molecule has 3 N–H and O–H groups in total. The van der Waals surface area contributed by atoms with E-state index in [0.717, 1.165) is 30.1 Å². The molecule has 0 aliphatic heterocycles. The van der Waals surface area contributed by atoms with Gasteiger partial charge >= 0.3 is 0 Å². The smallest absolute Gasteiger partial charge is 0.224 e. The maximum atomic E-state index is 12.3. The Morgan fingerprint density at radius 2 is 1.88 bits per heavy atom. The molecule has 3 rings (SSSR count). The van der Waals surface area contributed by atoms with Crippen LogP contribution in [0.3, 0.4) is 0 Å². The molecule has 1 amide bonds. The van der Waals surface area contributed by atoms with Crippen LogP contribution >= 0.6 is 0 Å². The molecule has 0 aromatic rings. The molecule has 3 heteroatoms. The normalized spacial score (nSPS) is 42.4. The number of amides is 1. The van der Waals surface area contributed by atoms with E-state index >= 15 is 0 Å². The Hall–Kier alpha value is -0.570. The summed E-state index contributed by atoms with van der Waals surface area (Å²) in [5.41, 5.74) is 5.44. The highest BCUT2D eigenvalue weighted by molar-refractivity contribution is 5.83. The van der Waals surface area contributed by atoms with E-state index in [2.05, 4.69) is 19.2 Å². The van der Waals surface area contributed by atoms with Crippen molar-refractivity contribution in [1.82, 2.24) is 5.32 Å². The lowest BCUT2D eigenvalue weighted by Crippen LogP contribution is -2.46. The average Bonchev–Trinajstić information content (AvgIpc) is 2.68. The van der Waals surface area contributed by atoms with E-state index in [9.17, 15) is 4.79 Å². The van der Waals surface area contributed by atoms with E-state index in [0.29, 0.717) is 18.4 Å². The van der Waals surface area contributed by atoms with Crippen molar-refractivity contribution in [2.75, 3.05) is 6.54 Å². The summed E-state index contributed by atoms with van der Waals surface area (Å²) in [4.78, 5) is 12.3. The van der Waals surface area contributed by atoms with Crippen LogP contribution in [0.5, 0.6) is 0 Å². The fourth-order valence-electron chi connectivity index (χ4n) is 4.52. The molecule has 2 bridgehead atoms. The third-order valence-corrected chi connectivity index (χ3v) is 5.27. The second-order valence-electron chi connectivity index (χ2n) is 6.93. The zero-order valence-electron chi connectivity index (χ0n) is 10.9. The molecule has 3 nitrogen and oxygen atoms in total. The molecule has 3 saturated carbocycles. The fourth-order valence-corrected chi connectivity index (χ4v) is 4.52. The largest absolute Gasteiger partial charge is 0.351 e. The van der Waals surface area contributed by atoms with Gasteiger partial charge in [0.15, 0.2) is 0 Å². The van der Waals surface area contributed by atoms with Crippen molar-refractivity contribution in [3.8, 4) is 0 Å². The Labute approximate surface area is 104 Å². The molecule has 0 aromatic heterocycles. The minimum absolute atomic E-state index is 0.137. The van der Waals surface area contributed by atoms with Crippen molar-refractivity contribution in [2.45, 2.75) is 45.1 Å². The number of carbonyl (C=O) groups is 1. The van der Waals surface area contributed by atoms with Crippen LogP contribution in [0.4, 0.5) is 0 Å². The molecular formula is C14H24N2O. The molecule has 17 heavy (non-hydrogen) atoms. The maximum Gasteiger partial charge on any atom is 0.224 e. The number of carbonyl (C=O) groups excluding carboxylic acids is 1. The number of fused-ring (bicyclic) bond motifs is 5. The summed E-state index contributed by atoms with van der Waals surface area (Å²) < 4.78 is 0. The Kier molecular flexibility index (Phi) is 2.51. The highest BCUT2D eigenvalue weighted by atomic mass is 16.2. The van der Waals surface area contributed by atoms with Crippen molar-refractivity contribution in [1.29, 1.82) is 0 Å². The number of rotatable bonds is 4. The van der Waals surface area contributed by atoms with Gasteiger partial charge in [0.25, 0.3) is 0 Å². The van der Waals surface area contributed by atoms with Gasteiger partial charge in [-0.25, -0.2) is 0 Å². The molecule has 3 aliphatic carbocycles. The molecule has 4 atom stereocenters. The minimum Gasteiger partial charge on any atom is -0.351 e. The summed E-state index contributed by atoms with van der Waals surface area (Å²) in [6, 6.07) is 0. The van der Waals surface area contributed by atoms with E-state index in [1.54, 1.807) is 0 Å². The summed E-state index contributed by atoms with van der Waals surface area (Å²) in [6.07, 6.45) is 5.02. The summed E-state index contributed by atoms with van der Waals surface area (Å²) in [7, 11) is 0. The van der Waals surface area contributed by atoms with Crippen LogP contribution in [0.1, 0.15) is 39.5 Å². The van der Waals surface area contributed by atoms with Gasteiger partial charge in [-0.15, -0.1) is 0 Å². The van der Waals surface area contributed by atoms with Gasteiger partial charge in [0.2, 0.25) is 5.91 Å². The molecular weight excluding hydrogens is 212 g/mol. The topological polar surface area (TPSA) is 55.1 Å². The van der Waals surface area contributed by atoms with Crippen molar-refractivity contribution >= 4 is 5.91 Å². The monoisotopic (exact) mass is 236 g/mol. The van der Waals surface area contributed by atoms with Gasteiger partial charge in [0.1, 0.15) is 0 Å². The van der Waals surface area contributed by atoms with Gasteiger partial charge in [-0.3, -0.25) is 4.79 Å². The predicted molar refractivity (Wildman–Crippen MR) is 67.2 cm³/mol. The molecule has 3 fully saturated rings. The molecule has 0 saturated heterocycles. The molecule has 0 spiro atoms. The average molecular weight is 236 g/mol. The molecule has 0 aromatic carbocycles. The summed E-state index contributed by atoms with van der Waals surface area (Å²) in [5, 5.41) is 3.20. The quantitative estimate of drug-likeness (QED) is 0.777. The van der Waals surface area contributed by atoms with E-state index in [1.165, 1.54) is 19.3 Å². The summed E-state index contributed by atoms with van der Waals surface area (Å²) >= 11 is 0. The second-order valence-corrected chi connectivity index (χ2v) is 6.93.